The molecule has 0 unspecified atom stereocenters. The van der Waals surface area contributed by atoms with E-state index in [1.165, 1.54) is 34.1 Å². The third-order valence-corrected chi connectivity index (χ3v) is 6.19. The average Bonchev–Trinajstić information content (AvgIpc) is 2.40. The van der Waals surface area contributed by atoms with Gasteiger partial charge in [0.2, 0.25) is 0 Å². The van der Waals surface area contributed by atoms with E-state index in [9.17, 15) is 0 Å². The van der Waals surface area contributed by atoms with Gasteiger partial charge in [0, 0.05) is 34.5 Å². The first kappa shape index (κ1) is 16.7. The molecule has 0 N–H and O–H groups in total. The van der Waals surface area contributed by atoms with Crippen LogP contribution in [0.4, 0.5) is 0 Å². The van der Waals surface area contributed by atoms with Gasteiger partial charge in [0.15, 0.2) is 0 Å². The molecule has 102 valence electrons. The molecule has 0 aliphatic carbocycles. The van der Waals surface area contributed by atoms with Crippen molar-refractivity contribution in [1.82, 2.24) is 0 Å². The highest BCUT2D eigenvalue weighted by molar-refractivity contribution is 8.02. The standard InChI is InChI=1S/C14H22S4/c1-15-6-8-17-11-13-4-3-5-14(10-13)12-18-9-7-16-2/h3-5,10H,6-9,11-12H2,1-2H3. The fraction of sp³-hybridized carbons (Fsp3) is 0.571. The van der Waals surface area contributed by atoms with Crippen molar-refractivity contribution in [2.45, 2.75) is 11.5 Å². The van der Waals surface area contributed by atoms with E-state index in [0.29, 0.717) is 0 Å². The summed E-state index contributed by atoms with van der Waals surface area (Å²) in [5.74, 6) is 7.35. The Morgan fingerprint density at radius 2 is 1.28 bits per heavy atom. The Hall–Kier alpha value is 0.620. The second-order valence-electron chi connectivity index (χ2n) is 3.91. The predicted molar refractivity (Wildman–Crippen MR) is 95.5 cm³/mol. The van der Waals surface area contributed by atoms with Crippen molar-refractivity contribution in [3.63, 3.8) is 0 Å². The first-order valence-corrected chi connectivity index (χ1v) is 11.2. The fourth-order valence-corrected chi connectivity index (χ4v) is 4.87. The van der Waals surface area contributed by atoms with Gasteiger partial charge in [-0.1, -0.05) is 24.3 Å². The molecule has 0 atom stereocenters. The molecule has 0 fully saturated rings. The number of benzene rings is 1. The molecular weight excluding hydrogens is 296 g/mol. The topological polar surface area (TPSA) is 0 Å². The van der Waals surface area contributed by atoms with Gasteiger partial charge in [0.25, 0.3) is 0 Å². The molecule has 0 aliphatic heterocycles. The molecule has 0 saturated carbocycles. The van der Waals surface area contributed by atoms with Crippen LogP contribution in [-0.2, 0) is 11.5 Å². The molecule has 0 saturated heterocycles. The normalized spacial score (nSPS) is 10.8. The Kier molecular flexibility index (Phi) is 10.6. The SMILES string of the molecule is CSCCSCc1cccc(CSCCSC)c1. The summed E-state index contributed by atoms with van der Waals surface area (Å²) in [7, 11) is 0. The Balaban J connectivity index is 2.27. The van der Waals surface area contributed by atoms with Crippen LogP contribution in [-0.4, -0.2) is 35.5 Å². The highest BCUT2D eigenvalue weighted by atomic mass is 32.2. The van der Waals surface area contributed by atoms with Crippen LogP contribution in [0.1, 0.15) is 11.1 Å². The maximum Gasteiger partial charge on any atom is 0.0184 e. The zero-order chi connectivity index (χ0) is 13.1. The minimum Gasteiger partial charge on any atom is -0.165 e. The lowest BCUT2D eigenvalue weighted by molar-refractivity contribution is 1.32. The maximum atomic E-state index is 2.37. The lowest BCUT2D eigenvalue weighted by Crippen LogP contribution is -1.89. The van der Waals surface area contributed by atoms with Gasteiger partial charge in [0.1, 0.15) is 0 Å². The van der Waals surface area contributed by atoms with Gasteiger partial charge < -0.3 is 0 Å². The van der Waals surface area contributed by atoms with Crippen LogP contribution in [0.25, 0.3) is 0 Å². The summed E-state index contributed by atoms with van der Waals surface area (Å²) < 4.78 is 0. The lowest BCUT2D eigenvalue weighted by atomic mass is 10.2. The molecule has 0 spiro atoms. The Morgan fingerprint density at radius 3 is 1.72 bits per heavy atom. The molecule has 0 aromatic heterocycles. The summed E-state index contributed by atoms with van der Waals surface area (Å²) in [5, 5.41) is 0. The molecule has 4 heteroatoms. The van der Waals surface area contributed by atoms with Crippen molar-refractivity contribution in [1.29, 1.82) is 0 Å². The first-order valence-electron chi connectivity index (χ1n) is 6.08. The van der Waals surface area contributed by atoms with E-state index < -0.39 is 0 Å². The second-order valence-corrected chi connectivity index (χ2v) is 8.09. The Morgan fingerprint density at radius 1 is 0.778 bits per heavy atom. The van der Waals surface area contributed by atoms with Crippen molar-refractivity contribution in [3.05, 3.63) is 35.4 Å². The van der Waals surface area contributed by atoms with Crippen molar-refractivity contribution in [2.75, 3.05) is 35.5 Å². The molecular formula is C14H22S4. The number of hydrogen-bond donors (Lipinski definition) is 0. The summed E-state index contributed by atoms with van der Waals surface area (Å²) in [6.07, 6.45) is 4.35. The maximum absolute atomic E-state index is 2.37. The van der Waals surface area contributed by atoms with Gasteiger partial charge in [-0.15, -0.1) is 0 Å². The summed E-state index contributed by atoms with van der Waals surface area (Å²) in [6.45, 7) is 0. The van der Waals surface area contributed by atoms with E-state index in [1.54, 1.807) is 0 Å². The third-order valence-electron chi connectivity index (χ3n) is 2.39. The van der Waals surface area contributed by atoms with Gasteiger partial charge in [-0.3, -0.25) is 0 Å². The van der Waals surface area contributed by atoms with E-state index in [1.807, 2.05) is 47.0 Å². The molecule has 0 aliphatic rings. The summed E-state index contributed by atoms with van der Waals surface area (Å²) in [4.78, 5) is 0. The average molecular weight is 319 g/mol. The molecule has 1 aromatic rings. The van der Waals surface area contributed by atoms with Gasteiger partial charge in [-0.2, -0.15) is 47.0 Å². The zero-order valence-electron chi connectivity index (χ0n) is 11.2. The van der Waals surface area contributed by atoms with Crippen LogP contribution >= 0.6 is 47.0 Å². The quantitative estimate of drug-likeness (QED) is 0.564. The van der Waals surface area contributed by atoms with Gasteiger partial charge in [0.05, 0.1) is 0 Å². The van der Waals surface area contributed by atoms with E-state index in [-0.39, 0.29) is 0 Å². The van der Waals surface area contributed by atoms with Gasteiger partial charge >= 0.3 is 0 Å². The molecule has 0 bridgehead atoms. The largest absolute Gasteiger partial charge is 0.165 e. The van der Waals surface area contributed by atoms with Crippen molar-refractivity contribution >= 4 is 47.0 Å². The molecule has 0 radical (unpaired) electrons. The minimum atomic E-state index is 1.16. The Labute approximate surface area is 129 Å². The summed E-state index contributed by atoms with van der Waals surface area (Å²) in [5.41, 5.74) is 2.95. The second kappa shape index (κ2) is 11.4. The smallest absolute Gasteiger partial charge is 0.0184 e. The highest BCUT2D eigenvalue weighted by Gasteiger charge is 1.98. The molecule has 0 heterocycles. The summed E-state index contributed by atoms with van der Waals surface area (Å²) >= 11 is 7.94. The van der Waals surface area contributed by atoms with E-state index in [2.05, 4.69) is 36.8 Å². The molecule has 0 amide bonds. The van der Waals surface area contributed by atoms with E-state index in [4.69, 9.17) is 0 Å². The van der Waals surface area contributed by atoms with Crippen LogP contribution < -0.4 is 0 Å². The number of thioether (sulfide) groups is 4. The van der Waals surface area contributed by atoms with Crippen LogP contribution in [0.3, 0.4) is 0 Å². The van der Waals surface area contributed by atoms with Gasteiger partial charge in [-0.25, -0.2) is 0 Å². The number of hydrogen-bond acceptors (Lipinski definition) is 4. The van der Waals surface area contributed by atoms with E-state index in [0.717, 1.165) is 11.5 Å². The summed E-state index contributed by atoms with van der Waals surface area (Å²) in [6, 6.07) is 9.08. The van der Waals surface area contributed by atoms with Gasteiger partial charge in [-0.05, 0) is 23.6 Å². The van der Waals surface area contributed by atoms with Crippen molar-refractivity contribution in [3.8, 4) is 0 Å². The third kappa shape index (κ3) is 7.93. The van der Waals surface area contributed by atoms with Crippen LogP contribution in [0, 0.1) is 0 Å². The Bertz CT molecular complexity index is 287. The number of rotatable bonds is 10. The van der Waals surface area contributed by atoms with Crippen LogP contribution in [0.2, 0.25) is 0 Å². The minimum absolute atomic E-state index is 1.16. The van der Waals surface area contributed by atoms with Crippen LogP contribution in [0.5, 0.6) is 0 Å². The monoisotopic (exact) mass is 318 g/mol. The molecule has 18 heavy (non-hydrogen) atoms. The molecule has 1 rings (SSSR count). The molecule has 1 aromatic carbocycles. The first-order chi connectivity index (χ1) is 8.86. The van der Waals surface area contributed by atoms with Crippen molar-refractivity contribution < 1.29 is 0 Å². The van der Waals surface area contributed by atoms with Crippen LogP contribution in [0.15, 0.2) is 24.3 Å². The van der Waals surface area contributed by atoms with E-state index >= 15 is 0 Å². The predicted octanol–water partition coefficient (Wildman–Crippen LogP) is 4.88. The lowest BCUT2D eigenvalue weighted by Gasteiger charge is -2.05. The van der Waals surface area contributed by atoms with Crippen molar-refractivity contribution in [2.24, 2.45) is 0 Å². The molecule has 0 nitrogen and oxygen atoms in total. The zero-order valence-corrected chi connectivity index (χ0v) is 14.5. The highest BCUT2D eigenvalue weighted by Crippen LogP contribution is 2.18. The fourth-order valence-electron chi connectivity index (χ4n) is 1.47.